The number of allylic oxidation sites excluding steroid dienone is 4. The van der Waals surface area contributed by atoms with E-state index >= 15 is 8.78 Å². The van der Waals surface area contributed by atoms with Crippen LogP contribution in [0.25, 0.3) is 16.0 Å². The van der Waals surface area contributed by atoms with Crippen LogP contribution >= 0.6 is 0 Å². The molecule has 1 heterocycles. The van der Waals surface area contributed by atoms with E-state index in [9.17, 15) is 22.7 Å². The number of rotatable bonds is 4. The van der Waals surface area contributed by atoms with Gasteiger partial charge in [-0.15, -0.1) is 0 Å². The molecule has 1 aliphatic carbocycles. The maximum atomic E-state index is 15.8. The Kier molecular flexibility index (Phi) is 6.22. The minimum Gasteiger partial charge on any atom is -0.478 e. The van der Waals surface area contributed by atoms with Crippen LogP contribution in [0.1, 0.15) is 21.5 Å². The van der Waals surface area contributed by atoms with Gasteiger partial charge in [0.25, 0.3) is 0 Å². The SMILES string of the molecule is CN(C)c1ccc2c(c1)S(=O)(=O)C1=CC(=[N+](C)C)C=CC1=C2c1c(F)c(N=[N+]=[N-])c(F)c(F)c1C(=O)O. The largest absolute Gasteiger partial charge is 0.478 e. The third-order valence-corrected chi connectivity index (χ3v) is 7.82. The van der Waals surface area contributed by atoms with E-state index in [1.165, 1.54) is 36.4 Å². The molecule has 2 aliphatic rings. The lowest BCUT2D eigenvalue weighted by atomic mass is 9.86. The molecule has 37 heavy (non-hydrogen) atoms. The number of hydrogen-bond acceptors (Lipinski definition) is 5. The number of hydrogen-bond donors (Lipinski definition) is 1. The summed E-state index contributed by atoms with van der Waals surface area (Å²) in [5.74, 6) is -7.58. The van der Waals surface area contributed by atoms with Gasteiger partial charge in [0.1, 0.15) is 31.2 Å². The fraction of sp³-hybridized carbons (Fsp3) is 0.167. The van der Waals surface area contributed by atoms with E-state index in [1.54, 1.807) is 37.7 Å². The number of nitrogens with zero attached hydrogens (tertiary/aromatic N) is 5. The Balaban J connectivity index is 2.30. The molecule has 0 atom stereocenters. The first-order valence-electron chi connectivity index (χ1n) is 10.6. The van der Waals surface area contributed by atoms with Gasteiger partial charge in [-0.3, -0.25) is 0 Å². The van der Waals surface area contributed by atoms with Crippen LogP contribution in [-0.2, 0) is 9.84 Å². The van der Waals surface area contributed by atoms with Crippen molar-refractivity contribution in [2.75, 3.05) is 33.1 Å². The number of carbonyl (C=O) groups is 1. The first-order chi connectivity index (χ1) is 17.3. The number of halogens is 3. The highest BCUT2D eigenvalue weighted by atomic mass is 32.2. The summed E-state index contributed by atoms with van der Waals surface area (Å²) in [6, 6.07) is 4.17. The Morgan fingerprint density at radius 3 is 2.35 bits per heavy atom. The number of azide groups is 1. The van der Waals surface area contributed by atoms with Crippen molar-refractivity contribution in [1.82, 2.24) is 0 Å². The van der Waals surface area contributed by atoms with Crippen LogP contribution in [0.4, 0.5) is 24.5 Å². The third kappa shape index (κ3) is 3.88. The normalized spacial score (nSPS) is 15.4. The van der Waals surface area contributed by atoms with Crippen LogP contribution < -0.4 is 4.90 Å². The molecule has 0 radical (unpaired) electrons. The quantitative estimate of drug-likeness (QED) is 0.204. The van der Waals surface area contributed by atoms with Gasteiger partial charge in [0, 0.05) is 59.1 Å². The molecule has 0 spiro atoms. The van der Waals surface area contributed by atoms with Crippen LogP contribution in [-0.4, -0.2) is 58.0 Å². The van der Waals surface area contributed by atoms with Crippen molar-refractivity contribution in [2.24, 2.45) is 5.11 Å². The van der Waals surface area contributed by atoms with Gasteiger partial charge in [0.2, 0.25) is 15.5 Å². The number of benzene rings is 2. The van der Waals surface area contributed by atoms with Gasteiger partial charge in [0.15, 0.2) is 11.6 Å². The van der Waals surface area contributed by atoms with Crippen molar-refractivity contribution in [3.8, 4) is 0 Å². The lowest BCUT2D eigenvalue weighted by Crippen LogP contribution is -2.23. The fourth-order valence-corrected chi connectivity index (χ4v) is 5.89. The molecule has 1 aliphatic heterocycles. The second-order valence-electron chi connectivity index (χ2n) is 8.56. The van der Waals surface area contributed by atoms with Gasteiger partial charge in [-0.2, -0.15) is 0 Å². The minimum atomic E-state index is -4.23. The summed E-state index contributed by atoms with van der Waals surface area (Å²) in [5, 5.41) is 12.6. The maximum Gasteiger partial charge on any atom is 0.339 e. The van der Waals surface area contributed by atoms with Gasteiger partial charge in [-0.25, -0.2) is 31.0 Å². The molecular formula is C24H19F3N5O4S+. The van der Waals surface area contributed by atoms with Crippen molar-refractivity contribution < 1.29 is 36.1 Å². The molecular weight excluding hydrogens is 511 g/mol. The molecule has 0 saturated carbocycles. The average molecular weight is 531 g/mol. The Hall–Kier alpha value is -4.35. The lowest BCUT2D eigenvalue weighted by Gasteiger charge is -2.28. The zero-order valence-electron chi connectivity index (χ0n) is 19.9. The molecule has 0 amide bonds. The third-order valence-electron chi connectivity index (χ3n) is 5.99. The molecule has 9 nitrogen and oxygen atoms in total. The zero-order chi connectivity index (χ0) is 27.4. The van der Waals surface area contributed by atoms with E-state index in [0.29, 0.717) is 11.4 Å². The van der Waals surface area contributed by atoms with Gasteiger partial charge in [0.05, 0.1) is 9.80 Å². The smallest absolute Gasteiger partial charge is 0.339 e. The predicted molar refractivity (Wildman–Crippen MR) is 130 cm³/mol. The zero-order valence-corrected chi connectivity index (χ0v) is 20.7. The van der Waals surface area contributed by atoms with Crippen LogP contribution in [0, 0.1) is 17.5 Å². The monoisotopic (exact) mass is 530 g/mol. The molecule has 0 aromatic heterocycles. The number of sulfone groups is 1. The summed E-state index contributed by atoms with van der Waals surface area (Å²) in [6.45, 7) is 0. The highest BCUT2D eigenvalue weighted by Crippen LogP contribution is 2.48. The predicted octanol–water partition coefficient (Wildman–Crippen LogP) is 4.57. The standard InChI is InChI=1S/C24H18F3N5O4S/c1-31(2)11-5-7-13-15(9-11)37(35,36)16-10-12(32(3)4)6-8-14(16)17(13)18-19(24(33)34)20(25)22(27)23(21(18)26)29-30-28/h5-10H,1-4H3/p+1. The first-order valence-corrected chi connectivity index (χ1v) is 12.1. The molecule has 190 valence electrons. The second-order valence-corrected chi connectivity index (χ2v) is 10.4. The van der Waals surface area contributed by atoms with E-state index < -0.39 is 50.1 Å². The molecule has 13 heteroatoms. The molecule has 1 N–H and O–H groups in total. The van der Waals surface area contributed by atoms with Gasteiger partial charge < -0.3 is 10.0 Å². The molecule has 0 fully saturated rings. The Bertz CT molecular complexity index is 1700. The van der Waals surface area contributed by atoms with Crippen molar-refractivity contribution in [2.45, 2.75) is 4.90 Å². The topological polar surface area (TPSA) is 126 Å². The van der Waals surface area contributed by atoms with Crippen LogP contribution in [0.3, 0.4) is 0 Å². The van der Waals surface area contributed by atoms with E-state index in [2.05, 4.69) is 10.0 Å². The van der Waals surface area contributed by atoms with E-state index in [4.69, 9.17) is 5.53 Å². The Labute approximate surface area is 209 Å². The van der Waals surface area contributed by atoms with Crippen molar-refractivity contribution >= 4 is 38.5 Å². The summed E-state index contributed by atoms with van der Waals surface area (Å²) in [7, 11) is 2.45. The van der Waals surface area contributed by atoms with Crippen LogP contribution in [0.2, 0.25) is 0 Å². The van der Waals surface area contributed by atoms with E-state index in [1.807, 2.05) is 0 Å². The molecule has 0 saturated heterocycles. The molecule has 2 aromatic rings. The summed E-state index contributed by atoms with van der Waals surface area (Å²) in [6.07, 6.45) is 4.17. The molecule has 4 rings (SSSR count). The number of anilines is 1. The highest BCUT2D eigenvalue weighted by Gasteiger charge is 2.41. The summed E-state index contributed by atoms with van der Waals surface area (Å²) < 4.78 is 74.5. The number of carboxylic acid groups (broad SMARTS) is 1. The van der Waals surface area contributed by atoms with Gasteiger partial charge in [-0.05, 0) is 23.7 Å². The number of aromatic carboxylic acids is 1. The molecule has 0 unspecified atom stereocenters. The van der Waals surface area contributed by atoms with Crippen molar-refractivity contribution in [3.05, 3.63) is 91.5 Å². The number of fused-ring (bicyclic) bond motifs is 2. The van der Waals surface area contributed by atoms with E-state index in [0.717, 1.165) is 0 Å². The summed E-state index contributed by atoms with van der Waals surface area (Å²) >= 11 is 0. The van der Waals surface area contributed by atoms with Crippen molar-refractivity contribution in [3.63, 3.8) is 0 Å². The second kappa shape index (κ2) is 8.95. The highest BCUT2D eigenvalue weighted by molar-refractivity contribution is 7.95. The summed E-state index contributed by atoms with van der Waals surface area (Å²) in [4.78, 5) is 15.4. The Morgan fingerprint density at radius 2 is 1.78 bits per heavy atom. The van der Waals surface area contributed by atoms with Crippen molar-refractivity contribution in [1.29, 1.82) is 0 Å². The lowest BCUT2D eigenvalue weighted by molar-refractivity contribution is -0.462. The van der Waals surface area contributed by atoms with Crippen LogP contribution in [0.15, 0.2) is 56.9 Å². The minimum absolute atomic E-state index is 0.130. The Morgan fingerprint density at radius 1 is 1.11 bits per heavy atom. The maximum absolute atomic E-state index is 15.8. The average Bonchev–Trinajstić information content (AvgIpc) is 2.84. The summed E-state index contributed by atoms with van der Waals surface area (Å²) in [5.41, 5.74) is 5.46. The first kappa shape index (κ1) is 25.7. The molecule has 2 aromatic carbocycles. The number of carboxylic acids is 1. The molecule has 0 bridgehead atoms. The van der Waals surface area contributed by atoms with Gasteiger partial charge in [-0.1, -0.05) is 11.2 Å². The van der Waals surface area contributed by atoms with E-state index in [-0.39, 0.29) is 26.5 Å². The fourth-order valence-electron chi connectivity index (χ4n) is 4.19. The van der Waals surface area contributed by atoms with Crippen LogP contribution in [0.5, 0.6) is 0 Å². The van der Waals surface area contributed by atoms with Gasteiger partial charge >= 0.3 is 5.97 Å².